The highest BCUT2D eigenvalue weighted by atomic mass is 32.2. The molecule has 0 bridgehead atoms. The van der Waals surface area contributed by atoms with Crippen LogP contribution in [0, 0.1) is 11.6 Å². The van der Waals surface area contributed by atoms with Crippen molar-refractivity contribution in [2.75, 3.05) is 10.6 Å². The quantitative estimate of drug-likeness (QED) is 0.881. The van der Waals surface area contributed by atoms with Crippen molar-refractivity contribution >= 4 is 33.6 Å². The average molecular weight is 337 g/mol. The summed E-state index contributed by atoms with van der Waals surface area (Å²) in [6.07, 6.45) is 1.04. The predicted molar refractivity (Wildman–Crippen MR) is 80.1 cm³/mol. The van der Waals surface area contributed by atoms with Crippen molar-refractivity contribution in [3.63, 3.8) is 0 Å². The topological polar surface area (TPSA) is 87.6 Å². The average Bonchev–Trinajstić information content (AvgIpc) is 2.50. The van der Waals surface area contributed by atoms with Crippen molar-refractivity contribution in [1.29, 1.82) is 0 Å². The lowest BCUT2D eigenvalue weighted by Crippen LogP contribution is -2.16. The number of fused-ring (bicyclic) bond motifs is 1. The van der Waals surface area contributed by atoms with Crippen molar-refractivity contribution < 1.29 is 22.0 Å². The fraction of sp³-hybridized carbons (Fsp3) is 0. The Morgan fingerprint density at radius 1 is 1.09 bits per heavy atom. The molecule has 0 spiro atoms. The monoisotopic (exact) mass is 337 g/mol. The van der Waals surface area contributed by atoms with Gasteiger partial charge in [0.05, 0.1) is 5.69 Å². The molecule has 0 radical (unpaired) electrons. The molecule has 118 valence electrons. The molecule has 9 heteroatoms. The Bertz CT molecular complexity index is 942. The van der Waals surface area contributed by atoms with E-state index in [1.807, 2.05) is 0 Å². The highest BCUT2D eigenvalue weighted by Gasteiger charge is 2.22. The third-order valence-corrected chi connectivity index (χ3v) is 4.39. The Labute approximate surface area is 129 Å². The molecule has 1 aliphatic heterocycles. The van der Waals surface area contributed by atoms with Crippen molar-refractivity contribution in [2.24, 2.45) is 4.40 Å². The van der Waals surface area contributed by atoms with Gasteiger partial charge in [0, 0.05) is 17.3 Å². The molecule has 2 N–H and O–H groups in total. The van der Waals surface area contributed by atoms with Crippen LogP contribution in [0.15, 0.2) is 45.7 Å². The number of sulfonamides is 1. The summed E-state index contributed by atoms with van der Waals surface area (Å²) >= 11 is 0. The maximum absolute atomic E-state index is 13.1. The zero-order valence-electron chi connectivity index (χ0n) is 11.4. The minimum atomic E-state index is -3.87. The molecule has 0 atom stereocenters. The van der Waals surface area contributed by atoms with Gasteiger partial charge in [-0.3, -0.25) is 4.79 Å². The third-order valence-electron chi connectivity index (χ3n) is 3.11. The Balaban J connectivity index is 1.91. The SMILES string of the molecule is O=C(Nc1ccc(F)c(F)c1)c1ccc2c(c1)S(=O)(=O)N=CN2. The summed E-state index contributed by atoms with van der Waals surface area (Å²) in [7, 11) is -3.87. The Kier molecular flexibility index (Phi) is 3.57. The third kappa shape index (κ3) is 2.90. The second kappa shape index (κ2) is 5.43. The molecule has 1 aliphatic rings. The summed E-state index contributed by atoms with van der Waals surface area (Å²) in [4.78, 5) is 12.0. The van der Waals surface area contributed by atoms with Crippen LogP contribution in [-0.4, -0.2) is 20.7 Å². The number of rotatable bonds is 2. The predicted octanol–water partition coefficient (Wildman–Crippen LogP) is 2.36. The second-order valence-electron chi connectivity index (χ2n) is 4.65. The first-order valence-electron chi connectivity index (χ1n) is 6.33. The van der Waals surface area contributed by atoms with Gasteiger partial charge in [-0.15, -0.1) is 4.40 Å². The molecular formula is C14H9F2N3O3S. The van der Waals surface area contributed by atoms with E-state index >= 15 is 0 Å². The summed E-state index contributed by atoms with van der Waals surface area (Å²) in [6.45, 7) is 0. The van der Waals surface area contributed by atoms with Gasteiger partial charge >= 0.3 is 0 Å². The summed E-state index contributed by atoms with van der Waals surface area (Å²) in [5, 5.41) is 5.02. The minimum Gasteiger partial charge on any atom is -0.345 e. The Hall–Kier alpha value is -2.81. The number of hydrogen-bond donors (Lipinski definition) is 2. The molecule has 0 unspecified atom stereocenters. The minimum absolute atomic E-state index is 0.0379. The van der Waals surface area contributed by atoms with Gasteiger partial charge in [0.15, 0.2) is 11.6 Å². The molecule has 2 aromatic rings. The van der Waals surface area contributed by atoms with E-state index in [0.717, 1.165) is 24.5 Å². The van der Waals surface area contributed by atoms with E-state index < -0.39 is 27.6 Å². The Morgan fingerprint density at radius 3 is 2.61 bits per heavy atom. The number of carbonyl (C=O) groups is 1. The molecule has 0 fully saturated rings. The van der Waals surface area contributed by atoms with Crippen LogP contribution in [-0.2, 0) is 10.0 Å². The number of amides is 1. The summed E-state index contributed by atoms with van der Waals surface area (Å²) < 4.78 is 53.0. The number of nitrogens with zero attached hydrogens (tertiary/aromatic N) is 1. The van der Waals surface area contributed by atoms with E-state index in [0.29, 0.717) is 5.69 Å². The van der Waals surface area contributed by atoms with Gasteiger partial charge in [-0.1, -0.05) is 0 Å². The van der Waals surface area contributed by atoms with Gasteiger partial charge in [-0.2, -0.15) is 8.42 Å². The number of halogens is 2. The molecule has 1 heterocycles. The van der Waals surface area contributed by atoms with E-state index in [9.17, 15) is 22.0 Å². The fourth-order valence-electron chi connectivity index (χ4n) is 2.00. The normalized spacial score (nSPS) is 14.7. The Morgan fingerprint density at radius 2 is 1.87 bits per heavy atom. The van der Waals surface area contributed by atoms with Gasteiger partial charge in [0.1, 0.15) is 11.2 Å². The van der Waals surface area contributed by atoms with Crippen LogP contribution in [0.2, 0.25) is 0 Å². The zero-order valence-corrected chi connectivity index (χ0v) is 12.2. The number of hydrogen-bond acceptors (Lipinski definition) is 4. The largest absolute Gasteiger partial charge is 0.345 e. The lowest BCUT2D eigenvalue weighted by atomic mass is 10.2. The maximum atomic E-state index is 13.1. The van der Waals surface area contributed by atoms with Crippen molar-refractivity contribution in [3.05, 3.63) is 53.6 Å². The van der Waals surface area contributed by atoms with Crippen LogP contribution < -0.4 is 10.6 Å². The number of benzene rings is 2. The van der Waals surface area contributed by atoms with Gasteiger partial charge in [-0.05, 0) is 30.3 Å². The molecule has 0 saturated carbocycles. The highest BCUT2D eigenvalue weighted by Crippen LogP contribution is 2.27. The maximum Gasteiger partial charge on any atom is 0.285 e. The lowest BCUT2D eigenvalue weighted by molar-refractivity contribution is 0.102. The van der Waals surface area contributed by atoms with E-state index in [4.69, 9.17) is 0 Å². The fourth-order valence-corrected chi connectivity index (χ4v) is 2.98. The standard InChI is InChI=1S/C14H9F2N3O3S/c15-10-3-2-9(6-11(10)16)19-14(20)8-1-4-12-13(5-8)23(21,22)18-7-17-12/h1-7H,(H,17,18)(H,19,20). The van der Waals surface area contributed by atoms with E-state index in [-0.39, 0.29) is 16.1 Å². The molecule has 1 amide bonds. The van der Waals surface area contributed by atoms with E-state index in [1.54, 1.807) is 0 Å². The first-order chi connectivity index (χ1) is 10.9. The first-order valence-corrected chi connectivity index (χ1v) is 7.77. The van der Waals surface area contributed by atoms with E-state index in [1.165, 1.54) is 18.2 Å². The van der Waals surface area contributed by atoms with Crippen LogP contribution in [0.4, 0.5) is 20.2 Å². The van der Waals surface area contributed by atoms with Crippen LogP contribution in [0.1, 0.15) is 10.4 Å². The number of anilines is 2. The van der Waals surface area contributed by atoms with Crippen LogP contribution in [0.5, 0.6) is 0 Å². The van der Waals surface area contributed by atoms with Crippen LogP contribution in [0.25, 0.3) is 0 Å². The van der Waals surface area contributed by atoms with E-state index in [2.05, 4.69) is 15.0 Å². The first kappa shape index (κ1) is 15.1. The van der Waals surface area contributed by atoms with Crippen molar-refractivity contribution in [2.45, 2.75) is 4.90 Å². The number of carbonyl (C=O) groups excluding carboxylic acids is 1. The lowest BCUT2D eigenvalue weighted by Gasteiger charge is -2.13. The molecule has 0 saturated heterocycles. The highest BCUT2D eigenvalue weighted by molar-refractivity contribution is 7.90. The van der Waals surface area contributed by atoms with Gasteiger partial charge in [0.25, 0.3) is 15.9 Å². The van der Waals surface area contributed by atoms with Gasteiger partial charge < -0.3 is 10.6 Å². The van der Waals surface area contributed by atoms with Crippen molar-refractivity contribution in [1.82, 2.24) is 0 Å². The second-order valence-corrected chi connectivity index (χ2v) is 6.25. The molecule has 2 aromatic carbocycles. The molecular weight excluding hydrogens is 328 g/mol. The molecule has 0 aliphatic carbocycles. The zero-order chi connectivity index (χ0) is 16.6. The molecule has 3 rings (SSSR count). The van der Waals surface area contributed by atoms with Crippen LogP contribution >= 0.6 is 0 Å². The summed E-state index contributed by atoms with van der Waals surface area (Å²) in [6, 6.07) is 6.86. The van der Waals surface area contributed by atoms with Gasteiger partial charge in [0.2, 0.25) is 0 Å². The molecule has 0 aromatic heterocycles. The van der Waals surface area contributed by atoms with Crippen molar-refractivity contribution in [3.8, 4) is 0 Å². The molecule has 23 heavy (non-hydrogen) atoms. The van der Waals surface area contributed by atoms with Gasteiger partial charge in [-0.25, -0.2) is 8.78 Å². The smallest absolute Gasteiger partial charge is 0.285 e. The number of nitrogens with one attached hydrogen (secondary N) is 2. The molecule has 6 nitrogen and oxygen atoms in total. The summed E-state index contributed by atoms with van der Waals surface area (Å²) in [5.74, 6) is -2.80. The summed E-state index contributed by atoms with van der Waals surface area (Å²) in [5.41, 5.74) is 0.381. The van der Waals surface area contributed by atoms with Crippen LogP contribution in [0.3, 0.4) is 0 Å².